The van der Waals surface area contributed by atoms with Crippen LogP contribution in [-0.2, 0) is 25.4 Å². The molecule has 0 spiro atoms. The molecule has 18 nitrogen and oxygen atoms in total. The molecule has 5 atom stereocenters. The summed E-state index contributed by atoms with van der Waals surface area (Å²) in [6.07, 6.45) is -1.04. The highest BCUT2D eigenvalue weighted by atomic mass is 35.5. The smallest absolute Gasteiger partial charge is 0.361 e. The maximum Gasteiger partial charge on any atom is 0.361 e. The largest absolute Gasteiger partial charge is 0.393 e. The van der Waals surface area contributed by atoms with Gasteiger partial charge >= 0.3 is 7.60 Å². The van der Waals surface area contributed by atoms with E-state index in [1.54, 1.807) is 0 Å². The first-order chi connectivity index (χ1) is 18.6. The van der Waals surface area contributed by atoms with Crippen LogP contribution in [-0.4, -0.2) is 115 Å². The molecule has 7 N–H and O–H groups in total. The minimum atomic E-state index is -5.14. The van der Waals surface area contributed by atoms with Crippen molar-refractivity contribution in [3.05, 3.63) is 17.3 Å². The first-order valence-electron chi connectivity index (χ1n) is 11.9. The number of hydrogen-bond donors (Lipinski definition) is 7. The summed E-state index contributed by atoms with van der Waals surface area (Å²) in [4.78, 5) is 28.3. The van der Waals surface area contributed by atoms with Gasteiger partial charge in [-0.25, -0.2) is 4.68 Å². The fourth-order valence-corrected chi connectivity index (χ4v) is 5.04. The molecular formula is C19H27ClN9O9P. The third-order valence-corrected chi connectivity index (χ3v) is 8.32. The van der Waals surface area contributed by atoms with Crippen molar-refractivity contribution in [2.24, 2.45) is 0 Å². The summed E-state index contributed by atoms with van der Waals surface area (Å²) >= 11 is 6.13. The first kappa shape index (κ1) is 28.2. The predicted octanol–water partition coefficient (Wildman–Crippen LogP) is -1.32. The summed E-state index contributed by atoms with van der Waals surface area (Å²) in [5.74, 6) is 0.582. The molecule has 39 heavy (non-hydrogen) atoms. The molecule has 0 radical (unpaired) electrons. The van der Waals surface area contributed by atoms with Crippen LogP contribution in [0.1, 0.15) is 31.3 Å². The zero-order valence-electron chi connectivity index (χ0n) is 20.2. The quantitative estimate of drug-likeness (QED) is 0.0951. The number of halogens is 1. The van der Waals surface area contributed by atoms with E-state index in [4.69, 9.17) is 25.8 Å². The summed E-state index contributed by atoms with van der Waals surface area (Å²) in [6.45, 7) is -2.80. The molecule has 214 valence electrons. The Hall–Kier alpha value is -2.38. The second kappa shape index (κ2) is 11.2. The van der Waals surface area contributed by atoms with Gasteiger partial charge < -0.3 is 44.6 Å². The Morgan fingerprint density at radius 3 is 2.72 bits per heavy atom. The minimum Gasteiger partial charge on any atom is -0.393 e. The van der Waals surface area contributed by atoms with Crippen LogP contribution in [0.25, 0.3) is 11.0 Å². The molecule has 1 saturated carbocycles. The molecule has 2 aliphatic rings. The molecule has 0 bridgehead atoms. The van der Waals surface area contributed by atoms with Gasteiger partial charge in [0.15, 0.2) is 17.7 Å². The monoisotopic (exact) mass is 591 g/mol. The molecule has 0 amide bonds. The molecule has 1 aliphatic carbocycles. The van der Waals surface area contributed by atoms with Crippen molar-refractivity contribution in [2.45, 2.75) is 61.8 Å². The van der Waals surface area contributed by atoms with Gasteiger partial charge in [-0.2, -0.15) is 20.3 Å². The zero-order chi connectivity index (χ0) is 27.8. The molecule has 20 heteroatoms. The lowest BCUT2D eigenvalue weighted by Crippen LogP contribution is -2.45. The third-order valence-electron chi connectivity index (χ3n) is 6.69. The summed E-state index contributed by atoms with van der Waals surface area (Å²) in [5.41, 5.74) is 0.240. The van der Waals surface area contributed by atoms with Gasteiger partial charge in [0.1, 0.15) is 30.7 Å². The zero-order valence-corrected chi connectivity index (χ0v) is 21.9. The summed E-state index contributed by atoms with van der Waals surface area (Å²) in [5, 5.41) is 49.7. The third kappa shape index (κ3) is 5.62. The lowest BCUT2D eigenvalue weighted by Gasteiger charge is -2.33. The van der Waals surface area contributed by atoms with Gasteiger partial charge in [-0.05, 0) is 30.9 Å². The molecule has 1 aliphatic heterocycles. The molecule has 1 saturated heterocycles. The van der Waals surface area contributed by atoms with Crippen LogP contribution in [0.2, 0.25) is 5.28 Å². The summed E-state index contributed by atoms with van der Waals surface area (Å²) < 4.78 is 30.0. The lowest BCUT2D eigenvalue weighted by atomic mass is 9.93. The number of ether oxygens (including phenoxy) is 3. The van der Waals surface area contributed by atoms with E-state index in [0.29, 0.717) is 11.2 Å². The predicted molar refractivity (Wildman–Crippen MR) is 129 cm³/mol. The standard InChI is InChI=1S/C19H27ClN9O9P/c20-18-23-15(22-9-2-1-3-9)10-4-21-29(16(10)24-18)17-14(32)13(31)11(38-17)5-37-19(7-30,39(33,34)35)8-36-6-12-25-27-28-26-12/h4,9,11,13-14,17,30-32H,1-3,5-8H2,(H,22,23,24)(H2,33,34,35)(H,25,26,27,28)/t11-,13-,14-,17-,19-/m1/s1. The molecule has 0 unspecified atom stereocenters. The number of aliphatic hydroxyl groups is 3. The van der Waals surface area contributed by atoms with E-state index in [9.17, 15) is 29.7 Å². The number of rotatable bonds is 12. The van der Waals surface area contributed by atoms with Crippen molar-refractivity contribution in [3.63, 3.8) is 0 Å². The Balaban J connectivity index is 1.31. The SMILES string of the molecule is O=P(O)(O)[C@](CO)(COCc1nn[nH]n1)OC[C@H]1O[C@@H](n2ncc3c(NC4CCC4)nc(Cl)nc32)[C@H](O)[C@@H]1O. The number of nitrogens with zero attached hydrogens (tertiary/aromatic N) is 7. The average Bonchev–Trinajstić information content (AvgIpc) is 3.59. The van der Waals surface area contributed by atoms with Gasteiger partial charge in [0, 0.05) is 6.04 Å². The van der Waals surface area contributed by atoms with Gasteiger partial charge in [-0.1, -0.05) is 5.21 Å². The Labute approximate surface area is 224 Å². The Morgan fingerprint density at radius 2 is 2.08 bits per heavy atom. The van der Waals surface area contributed by atoms with Crippen LogP contribution in [0.4, 0.5) is 5.82 Å². The highest BCUT2D eigenvalue weighted by Crippen LogP contribution is 2.51. The minimum absolute atomic E-state index is 0.0609. The van der Waals surface area contributed by atoms with E-state index in [0.717, 1.165) is 19.3 Å². The van der Waals surface area contributed by atoms with E-state index in [1.165, 1.54) is 10.9 Å². The Bertz CT molecular complexity index is 1320. The maximum atomic E-state index is 12.3. The van der Waals surface area contributed by atoms with Crippen LogP contribution in [0, 0.1) is 0 Å². The average molecular weight is 592 g/mol. The second-order valence-corrected chi connectivity index (χ2v) is 11.5. The van der Waals surface area contributed by atoms with Gasteiger partial charge in [0.05, 0.1) is 31.4 Å². The van der Waals surface area contributed by atoms with Crippen LogP contribution < -0.4 is 5.32 Å². The van der Waals surface area contributed by atoms with Gasteiger partial charge in [-0.3, -0.25) is 4.57 Å². The first-order valence-corrected chi connectivity index (χ1v) is 13.9. The normalized spacial score (nSPS) is 25.6. The molecule has 2 fully saturated rings. The highest BCUT2D eigenvalue weighted by molar-refractivity contribution is 7.53. The van der Waals surface area contributed by atoms with E-state index < -0.39 is 57.3 Å². The molecular weight excluding hydrogens is 565 g/mol. The van der Waals surface area contributed by atoms with Crippen LogP contribution in [0.3, 0.4) is 0 Å². The summed E-state index contributed by atoms with van der Waals surface area (Å²) in [6, 6.07) is 0.246. The number of hydrogen-bond acceptors (Lipinski definition) is 14. The second-order valence-electron chi connectivity index (χ2n) is 9.27. The molecule has 3 aromatic rings. The van der Waals surface area contributed by atoms with Crippen LogP contribution >= 0.6 is 19.2 Å². The number of anilines is 1. The van der Waals surface area contributed by atoms with Crippen molar-refractivity contribution in [3.8, 4) is 0 Å². The molecule has 4 heterocycles. The topological polar surface area (TPSA) is 256 Å². The summed E-state index contributed by atoms with van der Waals surface area (Å²) in [7, 11) is -5.14. The molecule has 5 rings (SSSR count). The van der Waals surface area contributed by atoms with Crippen molar-refractivity contribution in [1.29, 1.82) is 0 Å². The lowest BCUT2D eigenvalue weighted by molar-refractivity contribution is -0.131. The van der Waals surface area contributed by atoms with Crippen LogP contribution in [0.15, 0.2) is 6.20 Å². The fraction of sp³-hybridized carbons (Fsp3) is 0.684. The van der Waals surface area contributed by atoms with Crippen molar-refractivity contribution in [1.82, 2.24) is 40.4 Å². The van der Waals surface area contributed by atoms with E-state index in [-0.39, 0.29) is 29.4 Å². The number of nitrogens with one attached hydrogen (secondary N) is 2. The number of aliphatic hydroxyl groups excluding tert-OH is 3. The maximum absolute atomic E-state index is 12.3. The van der Waals surface area contributed by atoms with Crippen molar-refractivity contribution >= 4 is 36.0 Å². The van der Waals surface area contributed by atoms with Gasteiger partial charge in [0.2, 0.25) is 10.6 Å². The Kier molecular flexibility index (Phi) is 8.12. The molecule has 3 aromatic heterocycles. The number of aromatic amines is 1. The van der Waals surface area contributed by atoms with Crippen LogP contribution in [0.5, 0.6) is 0 Å². The van der Waals surface area contributed by atoms with Gasteiger partial charge in [0.25, 0.3) is 0 Å². The number of H-pyrrole nitrogens is 1. The van der Waals surface area contributed by atoms with E-state index in [1.807, 2.05) is 0 Å². The number of aromatic nitrogens is 8. The van der Waals surface area contributed by atoms with E-state index in [2.05, 4.69) is 41.0 Å². The van der Waals surface area contributed by atoms with Gasteiger partial charge in [-0.15, -0.1) is 10.2 Å². The number of tetrazole rings is 1. The van der Waals surface area contributed by atoms with E-state index >= 15 is 0 Å². The highest BCUT2D eigenvalue weighted by Gasteiger charge is 2.51. The molecule has 0 aromatic carbocycles. The van der Waals surface area contributed by atoms with Crippen molar-refractivity contribution in [2.75, 3.05) is 25.1 Å². The Morgan fingerprint density at radius 1 is 1.28 bits per heavy atom. The van der Waals surface area contributed by atoms with Crippen molar-refractivity contribution < 1.29 is 43.9 Å². The fourth-order valence-electron chi connectivity index (χ4n) is 4.19. The number of fused-ring (bicyclic) bond motifs is 1.